The van der Waals surface area contributed by atoms with Gasteiger partial charge in [0.05, 0.1) is 74.4 Å². The summed E-state index contributed by atoms with van der Waals surface area (Å²) in [5.74, 6) is -20.2. The molecule has 0 heterocycles. The molecule has 0 radical (unpaired) electrons. The van der Waals surface area contributed by atoms with Crippen LogP contribution in [0, 0.1) is 149 Å². The van der Waals surface area contributed by atoms with Crippen LogP contribution in [-0.2, 0) is 0 Å². The monoisotopic (exact) mass is 869 g/mol. The first-order chi connectivity index (χ1) is 31.1. The van der Waals surface area contributed by atoms with Gasteiger partial charge >= 0.3 is 0 Å². The predicted molar refractivity (Wildman–Crippen MR) is 205 cm³/mol. The molecule has 0 saturated heterocycles. The molecule has 0 saturated carbocycles. The first-order valence-corrected chi connectivity index (χ1v) is 17.6. The Balaban J connectivity index is 1.74. The lowest BCUT2D eigenvalue weighted by atomic mass is 9.86. The highest BCUT2D eigenvalue weighted by Crippen LogP contribution is 2.57. The summed E-state index contributed by atoms with van der Waals surface area (Å²) < 4.78 is 143. The van der Waals surface area contributed by atoms with Crippen LogP contribution >= 0.6 is 0 Å². The van der Waals surface area contributed by atoms with Crippen molar-refractivity contribution in [3.63, 3.8) is 0 Å². The Labute approximate surface area is 358 Å². The normalized spacial score (nSPS) is 13.7. The minimum atomic E-state index is -2.35. The summed E-state index contributed by atoms with van der Waals surface area (Å²) in [4.78, 5) is 0. The predicted octanol–water partition coefficient (Wildman–Crippen LogP) is 10.2. The number of benzene rings is 5. The molecule has 2 aliphatic rings. The Bertz CT molecular complexity index is 3580. The van der Waals surface area contributed by atoms with Gasteiger partial charge in [0.15, 0.2) is 46.5 Å². The van der Waals surface area contributed by atoms with Gasteiger partial charge in [-0.25, -0.2) is 39.5 Å². The second-order valence-corrected chi connectivity index (χ2v) is 13.5. The van der Waals surface area contributed by atoms with Crippen LogP contribution in [-0.4, -0.2) is 0 Å². The fraction of sp³-hybridized carbons (Fsp3) is 0. The van der Waals surface area contributed by atoms with Crippen molar-refractivity contribution in [1.29, 1.82) is 47.4 Å². The lowest BCUT2D eigenvalue weighted by Crippen LogP contribution is -2.07. The van der Waals surface area contributed by atoms with E-state index in [-0.39, 0.29) is 22.3 Å². The van der Waals surface area contributed by atoms with E-state index in [1.165, 1.54) is 0 Å². The molecule has 0 spiro atoms. The number of fused-ring (bicyclic) bond motifs is 2. The third-order valence-electron chi connectivity index (χ3n) is 10.2. The molecule has 5 aromatic rings. The topological polar surface area (TPSA) is 214 Å². The highest BCUT2D eigenvalue weighted by atomic mass is 19.2. The Morgan fingerprint density at radius 1 is 0.338 bits per heavy atom. The molecule has 18 heteroatoms. The number of hydrogen-bond donors (Lipinski definition) is 0. The lowest BCUT2D eigenvalue weighted by molar-refractivity contribution is 0.447. The zero-order valence-electron chi connectivity index (χ0n) is 31.5. The van der Waals surface area contributed by atoms with Crippen LogP contribution in [0.3, 0.4) is 0 Å². The molecule has 0 aromatic heterocycles. The van der Waals surface area contributed by atoms with E-state index in [0.29, 0.717) is 6.07 Å². The summed E-state index contributed by atoms with van der Waals surface area (Å²) >= 11 is 0. The first kappa shape index (κ1) is 42.9. The van der Waals surface area contributed by atoms with Crippen molar-refractivity contribution in [2.75, 3.05) is 0 Å². The van der Waals surface area contributed by atoms with Gasteiger partial charge in [-0.05, 0) is 70.8 Å². The highest BCUT2D eigenvalue weighted by molar-refractivity contribution is 6.33. The average molecular weight is 870 g/mol. The quantitative estimate of drug-likeness (QED) is 0.0953. The molecule has 0 N–H and O–H groups in total. The van der Waals surface area contributed by atoms with Crippen molar-refractivity contribution < 1.29 is 39.5 Å². The van der Waals surface area contributed by atoms with Crippen LogP contribution in [0.2, 0.25) is 0 Å². The third kappa shape index (κ3) is 6.28. The van der Waals surface area contributed by atoms with Gasteiger partial charge in [0.1, 0.15) is 47.3 Å². The smallest absolute Gasteiger partial charge is 0.180 e. The van der Waals surface area contributed by atoms with Gasteiger partial charge in [0, 0.05) is 33.4 Å². The molecule has 0 unspecified atom stereocenters. The van der Waals surface area contributed by atoms with E-state index < -0.39 is 147 Å². The molecular weight excluding hydrogens is 862 g/mol. The fourth-order valence-electron chi connectivity index (χ4n) is 7.53. The van der Waals surface area contributed by atoms with Gasteiger partial charge < -0.3 is 0 Å². The number of nitriles is 9. The molecule has 65 heavy (non-hydrogen) atoms. The van der Waals surface area contributed by atoms with Crippen LogP contribution < -0.4 is 0 Å². The molecule has 304 valence electrons. The van der Waals surface area contributed by atoms with Crippen LogP contribution in [0.15, 0.2) is 48.5 Å². The highest BCUT2D eigenvalue weighted by Gasteiger charge is 2.42. The first-order valence-electron chi connectivity index (χ1n) is 17.6. The van der Waals surface area contributed by atoms with Crippen molar-refractivity contribution >= 4 is 44.8 Å². The summed E-state index contributed by atoms with van der Waals surface area (Å²) in [6, 6.07) is 21.1. The maximum atomic E-state index is 17.4. The number of nitrogens with zero attached hydrogens (tertiary/aromatic N) is 9. The lowest BCUT2D eigenvalue weighted by Gasteiger charge is -2.16. The van der Waals surface area contributed by atoms with E-state index in [4.69, 9.17) is 0 Å². The van der Waals surface area contributed by atoms with Crippen LogP contribution in [0.5, 0.6) is 0 Å². The third-order valence-corrected chi connectivity index (χ3v) is 10.2. The number of allylic oxidation sites excluding steroid dienone is 7. The summed E-state index contributed by atoms with van der Waals surface area (Å²) in [5.41, 5.74) is -18.8. The zero-order chi connectivity index (χ0) is 47.3. The standard InChI is InChI=1S/C47H8F9N9/c48-39-27-8-25-24(7-26(27)34(29(14-62)23-5-20(11-59)2-21(6-23)12-60)36(39)38-46(55)42(51)32(17-65)43(52)47(38)56)30(15-63)35(37-44(53)40(49)31(16-64)41(50)45(37)54)33(25)28(13-61)22-3-18(9-57)1-19(4-22)10-58/h1-8H/b33-28-,34-29-. The van der Waals surface area contributed by atoms with E-state index in [9.17, 15) is 47.4 Å². The zero-order valence-corrected chi connectivity index (χ0v) is 31.5. The van der Waals surface area contributed by atoms with E-state index in [0.717, 1.165) is 54.6 Å². The van der Waals surface area contributed by atoms with Crippen molar-refractivity contribution in [3.05, 3.63) is 173 Å². The van der Waals surface area contributed by atoms with E-state index in [2.05, 4.69) is 0 Å². The summed E-state index contributed by atoms with van der Waals surface area (Å²) in [5, 5.41) is 89.3. The van der Waals surface area contributed by atoms with Gasteiger partial charge in [-0.2, -0.15) is 47.4 Å². The van der Waals surface area contributed by atoms with Gasteiger partial charge in [-0.15, -0.1) is 0 Å². The minimum absolute atomic E-state index is 0.290. The van der Waals surface area contributed by atoms with Crippen LogP contribution in [0.1, 0.15) is 77.9 Å². The maximum absolute atomic E-state index is 17.4. The Kier molecular flexibility index (Phi) is 10.6. The molecule has 5 aromatic carbocycles. The molecule has 0 amide bonds. The molecule has 7 rings (SSSR count). The number of halogens is 9. The van der Waals surface area contributed by atoms with Crippen molar-refractivity contribution in [1.82, 2.24) is 0 Å². The van der Waals surface area contributed by atoms with Crippen molar-refractivity contribution in [2.24, 2.45) is 0 Å². The maximum Gasteiger partial charge on any atom is 0.180 e. The molecule has 9 nitrogen and oxygen atoms in total. The summed E-state index contributed by atoms with van der Waals surface area (Å²) in [6.07, 6.45) is 0. The average Bonchev–Trinajstić information content (AvgIpc) is 3.77. The second-order valence-electron chi connectivity index (χ2n) is 13.5. The fourth-order valence-corrected chi connectivity index (χ4v) is 7.53. The Morgan fingerprint density at radius 3 is 1.02 bits per heavy atom. The van der Waals surface area contributed by atoms with E-state index in [1.54, 1.807) is 42.5 Å². The Morgan fingerprint density at radius 2 is 0.677 bits per heavy atom. The number of rotatable bonds is 4. The summed E-state index contributed by atoms with van der Waals surface area (Å²) in [7, 11) is 0. The second kappa shape index (κ2) is 16.0. The van der Waals surface area contributed by atoms with Gasteiger partial charge in [0.2, 0.25) is 0 Å². The molecule has 0 bridgehead atoms. The molecule has 0 atom stereocenters. The largest absolute Gasteiger partial charge is 0.206 e. The van der Waals surface area contributed by atoms with Crippen LogP contribution in [0.4, 0.5) is 39.5 Å². The molecular formula is C47H8F9N9. The summed E-state index contributed by atoms with van der Waals surface area (Å²) in [6.45, 7) is 0. The number of hydrogen-bond acceptors (Lipinski definition) is 9. The Hall–Kier alpha value is -10.2. The molecule has 0 fully saturated rings. The van der Waals surface area contributed by atoms with Gasteiger partial charge in [-0.1, -0.05) is 0 Å². The van der Waals surface area contributed by atoms with Crippen molar-refractivity contribution in [3.8, 4) is 54.6 Å². The van der Waals surface area contributed by atoms with Gasteiger partial charge in [0.25, 0.3) is 0 Å². The van der Waals surface area contributed by atoms with E-state index >= 15 is 39.5 Å². The molecule has 0 aliphatic heterocycles. The minimum Gasteiger partial charge on any atom is -0.206 e. The van der Waals surface area contributed by atoms with Crippen LogP contribution in [0.25, 0.3) is 44.8 Å². The van der Waals surface area contributed by atoms with E-state index in [1.807, 2.05) is 0 Å². The van der Waals surface area contributed by atoms with Crippen molar-refractivity contribution in [2.45, 2.75) is 0 Å². The molecule has 2 aliphatic carbocycles. The van der Waals surface area contributed by atoms with Gasteiger partial charge in [-0.3, -0.25) is 0 Å². The SMILES string of the molecule is N#CC1=C(c2c(F)c(F)c(C#N)c(F)c2F)/C(=C(/C#N)c2cc(C#N)cc(C#N)c2)c2cc3c(cc21)/C(=C(\C#N)c1cc(C#N)cc(C#N)c1)C(c1c(F)c(F)c(C#N)c(F)c1F)=C3F.